The second kappa shape index (κ2) is 13.5. The molecule has 7 rings (SSSR count). The molecule has 5 atom stereocenters. The van der Waals surface area contributed by atoms with Gasteiger partial charge in [-0.15, -0.1) is 0 Å². The van der Waals surface area contributed by atoms with Crippen molar-refractivity contribution in [2.45, 2.75) is 94.4 Å². The van der Waals surface area contributed by atoms with Crippen molar-refractivity contribution in [3.63, 3.8) is 0 Å². The number of nitrogens with zero attached hydrogens (tertiary/aromatic N) is 2. The second-order valence-corrected chi connectivity index (χ2v) is 18.1. The van der Waals surface area contributed by atoms with Crippen molar-refractivity contribution in [3.8, 4) is 5.19 Å². The zero-order valence-electron chi connectivity index (χ0n) is 27.6. The maximum Gasteiger partial charge on any atom is 0.274 e. The van der Waals surface area contributed by atoms with Crippen molar-refractivity contribution in [2.24, 2.45) is 17.3 Å². The van der Waals surface area contributed by atoms with E-state index in [1.165, 1.54) is 11.3 Å². The number of hydrogen-bond acceptors (Lipinski definition) is 8. The number of thiazole rings is 1. The Hall–Kier alpha value is -3.28. The van der Waals surface area contributed by atoms with Crippen molar-refractivity contribution in [2.75, 3.05) is 6.54 Å². The molecule has 3 heterocycles. The minimum Gasteiger partial charge on any atom is -0.465 e. The number of sulfonamides is 1. The predicted octanol–water partition coefficient (Wildman–Crippen LogP) is 6.64. The zero-order chi connectivity index (χ0) is 34.4. The summed E-state index contributed by atoms with van der Waals surface area (Å²) in [4.78, 5) is 49.1. The summed E-state index contributed by atoms with van der Waals surface area (Å²) in [6.07, 6.45) is 9.81. The average Bonchev–Trinajstić information content (AvgIpc) is 3.88. The van der Waals surface area contributed by atoms with E-state index < -0.39 is 38.2 Å². The molecule has 0 spiro atoms. The number of ketones is 1. The molecule has 12 heteroatoms. The van der Waals surface area contributed by atoms with Crippen LogP contribution in [0.2, 0.25) is 5.02 Å². The summed E-state index contributed by atoms with van der Waals surface area (Å²) in [6.45, 7) is 1.86. The largest absolute Gasteiger partial charge is 0.465 e. The number of carbonyl (C=O) groups excluding carboxylic acids is 3. The number of para-hydroxylation sites is 1. The van der Waals surface area contributed by atoms with Gasteiger partial charge in [0.1, 0.15) is 6.10 Å². The summed E-state index contributed by atoms with van der Waals surface area (Å²) < 4.78 is 35.0. The molecule has 260 valence electrons. The topological polar surface area (TPSA) is 123 Å². The highest BCUT2D eigenvalue weighted by Gasteiger charge is 2.62. The number of rotatable bonds is 7. The Morgan fingerprint density at radius 2 is 1.88 bits per heavy atom. The predicted molar refractivity (Wildman–Crippen MR) is 190 cm³/mol. The molecule has 1 saturated heterocycles. The maximum absolute atomic E-state index is 14.5. The number of fused-ring (bicyclic) bond motifs is 3. The molecule has 0 unspecified atom stereocenters. The van der Waals surface area contributed by atoms with Crippen LogP contribution in [0.5, 0.6) is 5.19 Å². The monoisotopic (exact) mass is 723 g/mol. The molecule has 3 fully saturated rings. The third-order valence-electron chi connectivity index (χ3n) is 10.9. The highest BCUT2D eigenvalue weighted by molar-refractivity contribution is 7.91. The Kier molecular flexibility index (Phi) is 9.38. The lowest BCUT2D eigenvalue weighted by Crippen LogP contribution is -2.47. The minimum absolute atomic E-state index is 0.105. The van der Waals surface area contributed by atoms with Gasteiger partial charge in [0.15, 0.2) is 5.78 Å². The van der Waals surface area contributed by atoms with Crippen molar-refractivity contribution in [1.82, 2.24) is 14.6 Å². The molecular weight excluding hydrogens is 682 g/mol. The SMILES string of the molecule is CC1(S(=O)(=O)NC(=O)[C@]23CC(=O)[C@@H]4C[C@@H](Oc5nc6ccccc6s5)CN4C(=O)[C@@H](Cc4ccc(Cl)cc4)CCCCC/C=C\[C@H]2C3)CC1. The van der Waals surface area contributed by atoms with Gasteiger partial charge in [-0.3, -0.25) is 19.1 Å². The summed E-state index contributed by atoms with van der Waals surface area (Å²) in [7, 11) is -3.88. The molecule has 0 radical (unpaired) electrons. The molecule has 2 aliphatic heterocycles. The normalized spacial score (nSPS) is 29.3. The molecule has 3 aromatic rings. The van der Waals surface area contributed by atoms with Gasteiger partial charge in [-0.05, 0) is 87.6 Å². The van der Waals surface area contributed by atoms with Gasteiger partial charge in [0.2, 0.25) is 21.8 Å². The van der Waals surface area contributed by atoms with Crippen molar-refractivity contribution in [3.05, 3.63) is 71.3 Å². The number of halogens is 1. The Balaban J connectivity index is 1.18. The van der Waals surface area contributed by atoms with Crippen LogP contribution >= 0.6 is 22.9 Å². The molecular formula is C37H42ClN3O6S2. The van der Waals surface area contributed by atoms with Crippen LogP contribution in [-0.2, 0) is 30.8 Å². The van der Waals surface area contributed by atoms with E-state index in [4.69, 9.17) is 16.3 Å². The van der Waals surface area contributed by atoms with Crippen molar-refractivity contribution in [1.29, 1.82) is 0 Å². The van der Waals surface area contributed by atoms with Crippen LogP contribution in [0.25, 0.3) is 10.2 Å². The summed E-state index contributed by atoms with van der Waals surface area (Å²) in [5.74, 6) is -1.57. The van der Waals surface area contributed by atoms with Gasteiger partial charge in [-0.25, -0.2) is 13.4 Å². The molecule has 2 saturated carbocycles. The number of amides is 2. The molecule has 9 nitrogen and oxygen atoms in total. The van der Waals surface area contributed by atoms with E-state index in [-0.39, 0.29) is 42.9 Å². The second-order valence-electron chi connectivity index (χ2n) is 14.5. The highest BCUT2D eigenvalue weighted by atomic mass is 35.5. The molecule has 49 heavy (non-hydrogen) atoms. The van der Waals surface area contributed by atoms with Gasteiger partial charge in [0, 0.05) is 23.8 Å². The molecule has 2 amide bonds. The standard InChI is InChI=1S/C37H42ClN3O6S2/c1-36(17-18-36)49(45,46)40-34(44)37-21-26(37)10-6-4-2-3-5-9-25(19-24-13-15-27(38)16-14-24)33(43)41-23-28(20-30(41)31(42)22-37)47-35-39-29-11-7-8-12-32(29)48-35/h6-8,10-16,25-26,28,30H,2-5,9,17-23H2,1H3,(H,40,44)/b10-6-/t25-,26+,28-,30+,37-/m1/s1. The fourth-order valence-electron chi connectivity index (χ4n) is 7.37. The van der Waals surface area contributed by atoms with E-state index in [0.29, 0.717) is 42.3 Å². The first-order valence-electron chi connectivity index (χ1n) is 17.3. The van der Waals surface area contributed by atoms with Crippen LogP contribution in [-0.4, -0.2) is 59.3 Å². The molecule has 2 aromatic carbocycles. The number of carbonyl (C=O) groups is 3. The van der Waals surface area contributed by atoms with E-state index in [9.17, 15) is 22.8 Å². The fraction of sp³-hybridized carbons (Fsp3) is 0.514. The van der Waals surface area contributed by atoms with E-state index in [1.807, 2.05) is 54.6 Å². The van der Waals surface area contributed by atoms with Gasteiger partial charge in [-0.1, -0.05) is 72.2 Å². The quantitative estimate of drug-likeness (QED) is 0.271. The molecule has 1 N–H and O–H groups in total. The first-order valence-corrected chi connectivity index (χ1v) is 20.0. The first-order chi connectivity index (χ1) is 23.5. The summed E-state index contributed by atoms with van der Waals surface area (Å²) in [5.41, 5.74) is 0.645. The van der Waals surface area contributed by atoms with E-state index in [1.54, 1.807) is 11.8 Å². The average molecular weight is 724 g/mol. The van der Waals surface area contributed by atoms with Gasteiger partial charge >= 0.3 is 0 Å². The van der Waals surface area contributed by atoms with Crippen LogP contribution in [0, 0.1) is 17.3 Å². The van der Waals surface area contributed by atoms with E-state index in [2.05, 4.69) is 15.8 Å². The third kappa shape index (κ3) is 7.17. The molecule has 1 aromatic heterocycles. The third-order valence-corrected chi connectivity index (χ3v) is 14.2. The Morgan fingerprint density at radius 1 is 1.10 bits per heavy atom. The Bertz CT molecular complexity index is 1860. The van der Waals surface area contributed by atoms with Crippen LogP contribution in [0.4, 0.5) is 0 Å². The van der Waals surface area contributed by atoms with E-state index in [0.717, 1.165) is 41.5 Å². The lowest BCUT2D eigenvalue weighted by atomic mass is 9.90. The first kappa shape index (κ1) is 34.2. The smallest absolute Gasteiger partial charge is 0.274 e. The van der Waals surface area contributed by atoms with Gasteiger partial charge in [-0.2, -0.15) is 0 Å². The van der Waals surface area contributed by atoms with Gasteiger partial charge in [0.25, 0.3) is 5.19 Å². The Labute approximate surface area is 296 Å². The number of hydrogen-bond donors (Lipinski definition) is 1. The number of ether oxygens (including phenoxy) is 1. The van der Waals surface area contributed by atoms with Crippen LogP contribution in [0.15, 0.2) is 60.7 Å². The van der Waals surface area contributed by atoms with Crippen molar-refractivity contribution >= 4 is 60.8 Å². The highest BCUT2D eigenvalue weighted by Crippen LogP contribution is 2.57. The Morgan fingerprint density at radius 3 is 2.63 bits per heavy atom. The fourth-order valence-corrected chi connectivity index (χ4v) is 9.71. The summed E-state index contributed by atoms with van der Waals surface area (Å²) in [6, 6.07) is 14.5. The molecule has 0 bridgehead atoms. The zero-order valence-corrected chi connectivity index (χ0v) is 30.0. The number of aromatic nitrogens is 1. The lowest BCUT2D eigenvalue weighted by Gasteiger charge is -2.29. The number of allylic oxidation sites excluding steroid dienone is 2. The van der Waals surface area contributed by atoms with E-state index >= 15 is 0 Å². The van der Waals surface area contributed by atoms with Gasteiger partial charge in [0.05, 0.1) is 33.0 Å². The minimum atomic E-state index is -3.88. The number of benzene rings is 2. The van der Waals surface area contributed by atoms with Crippen LogP contribution in [0.1, 0.15) is 76.7 Å². The van der Waals surface area contributed by atoms with Gasteiger partial charge < -0.3 is 9.64 Å². The summed E-state index contributed by atoms with van der Waals surface area (Å²) >= 11 is 7.58. The van der Waals surface area contributed by atoms with Crippen LogP contribution in [0.3, 0.4) is 0 Å². The number of nitrogens with one attached hydrogen (secondary N) is 1. The summed E-state index contributed by atoms with van der Waals surface area (Å²) in [5, 5.41) is 1.11. The number of Topliss-reactive ketones (excluding diaryl/α,β-unsaturated/α-hetero) is 1. The van der Waals surface area contributed by atoms with Crippen molar-refractivity contribution < 1.29 is 27.5 Å². The molecule has 4 aliphatic rings. The van der Waals surface area contributed by atoms with Crippen LogP contribution < -0.4 is 9.46 Å². The maximum atomic E-state index is 14.5. The molecule has 2 aliphatic carbocycles. The lowest BCUT2D eigenvalue weighted by molar-refractivity contribution is -0.142.